The van der Waals surface area contributed by atoms with Gasteiger partial charge in [0.2, 0.25) is 0 Å². The highest BCUT2D eigenvalue weighted by atomic mass is 32.2. The second-order valence-electron chi connectivity index (χ2n) is 6.57. The predicted molar refractivity (Wildman–Crippen MR) is 114 cm³/mol. The van der Waals surface area contributed by atoms with Crippen LogP contribution in [0.2, 0.25) is 0 Å². The first-order valence-electron chi connectivity index (χ1n) is 9.09. The lowest BCUT2D eigenvalue weighted by molar-refractivity contribution is 0.543. The van der Waals surface area contributed by atoms with Crippen molar-refractivity contribution in [3.05, 3.63) is 105 Å². The van der Waals surface area contributed by atoms with Crippen molar-refractivity contribution < 1.29 is 8.81 Å². The van der Waals surface area contributed by atoms with E-state index in [1.54, 1.807) is 42.5 Å². The van der Waals surface area contributed by atoms with Crippen molar-refractivity contribution in [1.29, 1.82) is 0 Å². The van der Waals surface area contributed by atoms with Crippen molar-refractivity contribution in [2.24, 2.45) is 0 Å². The Morgan fingerprint density at radius 1 is 0.900 bits per heavy atom. The molecule has 5 rings (SSSR count). The fraction of sp³-hybridized carbons (Fsp3) is 0. The number of para-hydroxylation sites is 2. The smallest absolute Gasteiger partial charge is 0.350 e. The van der Waals surface area contributed by atoms with Gasteiger partial charge in [-0.15, -0.1) is 0 Å². The quantitative estimate of drug-likeness (QED) is 0.313. The maximum Gasteiger partial charge on any atom is 0.350 e. The summed E-state index contributed by atoms with van der Waals surface area (Å²) in [5, 5.41) is 1.47. The molecular formula is C23H13FN2O3S. The maximum atomic E-state index is 13.4. The summed E-state index contributed by atoms with van der Waals surface area (Å²) in [4.78, 5) is 30.7. The Hall–Kier alpha value is -3.71. The Labute approximate surface area is 173 Å². The zero-order chi connectivity index (χ0) is 20.7. The van der Waals surface area contributed by atoms with E-state index in [0.29, 0.717) is 27.1 Å². The van der Waals surface area contributed by atoms with Crippen LogP contribution in [0.3, 0.4) is 0 Å². The van der Waals surface area contributed by atoms with Crippen LogP contribution >= 0.6 is 11.8 Å². The number of hydrogen-bond acceptors (Lipinski definition) is 5. The minimum absolute atomic E-state index is 0.285. The molecule has 0 aliphatic carbocycles. The van der Waals surface area contributed by atoms with Gasteiger partial charge in [0.15, 0.2) is 5.16 Å². The Bertz CT molecular complexity index is 1520. The van der Waals surface area contributed by atoms with Gasteiger partial charge in [0.1, 0.15) is 16.3 Å². The molecule has 2 heterocycles. The average Bonchev–Trinajstić information content (AvgIpc) is 2.75. The highest BCUT2D eigenvalue weighted by Crippen LogP contribution is 2.28. The normalized spacial score (nSPS) is 11.2. The molecule has 0 saturated carbocycles. The number of fused-ring (bicyclic) bond motifs is 2. The Morgan fingerprint density at radius 2 is 1.63 bits per heavy atom. The molecule has 0 N–H and O–H groups in total. The van der Waals surface area contributed by atoms with E-state index in [1.165, 1.54) is 28.8 Å². The van der Waals surface area contributed by atoms with Gasteiger partial charge in [0, 0.05) is 5.39 Å². The molecule has 5 nitrogen and oxygen atoms in total. The van der Waals surface area contributed by atoms with E-state index in [9.17, 15) is 14.0 Å². The molecule has 3 aromatic carbocycles. The van der Waals surface area contributed by atoms with Crippen LogP contribution in [-0.2, 0) is 0 Å². The summed E-state index contributed by atoms with van der Waals surface area (Å²) >= 11 is 1.04. The number of benzene rings is 3. The molecule has 146 valence electrons. The second kappa shape index (κ2) is 7.27. The molecule has 0 aliphatic heterocycles. The van der Waals surface area contributed by atoms with Gasteiger partial charge in [0.05, 0.1) is 16.6 Å². The van der Waals surface area contributed by atoms with Crippen LogP contribution in [-0.4, -0.2) is 9.55 Å². The predicted octanol–water partition coefficient (Wildman–Crippen LogP) is 4.78. The van der Waals surface area contributed by atoms with Crippen molar-refractivity contribution >= 4 is 33.6 Å². The van der Waals surface area contributed by atoms with Crippen molar-refractivity contribution in [1.82, 2.24) is 9.55 Å². The van der Waals surface area contributed by atoms with Gasteiger partial charge in [-0.1, -0.05) is 30.3 Å². The SMILES string of the molecule is O=c1oc2ccccc2cc1Sc1nc2ccccc2c(=O)n1-c1ccc(F)cc1. The largest absolute Gasteiger partial charge is 0.422 e. The van der Waals surface area contributed by atoms with Crippen molar-refractivity contribution in [2.75, 3.05) is 0 Å². The molecule has 0 radical (unpaired) electrons. The van der Waals surface area contributed by atoms with Crippen LogP contribution in [0.1, 0.15) is 0 Å². The van der Waals surface area contributed by atoms with Crippen LogP contribution in [0.25, 0.3) is 27.6 Å². The van der Waals surface area contributed by atoms with E-state index in [-0.39, 0.29) is 10.7 Å². The van der Waals surface area contributed by atoms with E-state index < -0.39 is 11.4 Å². The lowest BCUT2D eigenvalue weighted by Crippen LogP contribution is -2.22. The number of aromatic nitrogens is 2. The Morgan fingerprint density at radius 3 is 2.47 bits per heavy atom. The second-order valence-corrected chi connectivity index (χ2v) is 7.58. The first kappa shape index (κ1) is 18.3. The van der Waals surface area contributed by atoms with Crippen LogP contribution < -0.4 is 11.2 Å². The number of hydrogen-bond donors (Lipinski definition) is 0. The molecule has 2 aromatic heterocycles. The van der Waals surface area contributed by atoms with E-state index in [1.807, 2.05) is 12.1 Å². The molecule has 0 aliphatic rings. The lowest BCUT2D eigenvalue weighted by atomic mass is 10.2. The van der Waals surface area contributed by atoms with Crippen molar-refractivity contribution in [2.45, 2.75) is 10.1 Å². The topological polar surface area (TPSA) is 65.1 Å². The van der Waals surface area contributed by atoms with E-state index in [2.05, 4.69) is 4.98 Å². The molecule has 0 bridgehead atoms. The Kier molecular flexibility index (Phi) is 4.44. The molecule has 0 spiro atoms. The number of rotatable bonds is 3. The van der Waals surface area contributed by atoms with E-state index >= 15 is 0 Å². The fourth-order valence-corrected chi connectivity index (χ4v) is 4.14. The summed E-state index contributed by atoms with van der Waals surface area (Å²) in [7, 11) is 0. The zero-order valence-electron chi connectivity index (χ0n) is 15.4. The molecule has 0 saturated heterocycles. The fourth-order valence-electron chi connectivity index (χ4n) is 3.21. The molecule has 0 fully saturated rings. The molecule has 0 atom stereocenters. The van der Waals surface area contributed by atoms with Crippen LogP contribution in [0.5, 0.6) is 0 Å². The summed E-state index contributed by atoms with van der Waals surface area (Å²) in [6.45, 7) is 0. The van der Waals surface area contributed by atoms with Crippen molar-refractivity contribution in [3.8, 4) is 5.69 Å². The molecule has 0 unspecified atom stereocenters. The minimum Gasteiger partial charge on any atom is -0.422 e. The first-order valence-corrected chi connectivity index (χ1v) is 9.90. The third-order valence-electron chi connectivity index (χ3n) is 4.64. The standard InChI is InChI=1S/C23H13FN2O3S/c24-15-9-11-16(12-10-15)26-21(27)17-6-2-3-7-18(17)25-23(26)30-20-13-14-5-1-4-8-19(14)29-22(20)28/h1-13H. The van der Waals surface area contributed by atoms with E-state index in [4.69, 9.17) is 4.42 Å². The minimum atomic E-state index is -0.522. The monoisotopic (exact) mass is 416 g/mol. The van der Waals surface area contributed by atoms with Gasteiger partial charge in [-0.25, -0.2) is 14.2 Å². The Balaban J connectivity index is 1.75. The van der Waals surface area contributed by atoms with Gasteiger partial charge in [-0.3, -0.25) is 9.36 Å². The molecule has 7 heteroatoms. The summed E-state index contributed by atoms with van der Waals surface area (Å²) in [5.41, 5.74) is 0.613. The molecular weight excluding hydrogens is 403 g/mol. The zero-order valence-corrected chi connectivity index (χ0v) is 16.2. The maximum absolute atomic E-state index is 13.4. The summed E-state index contributed by atoms with van der Waals surface area (Å²) < 4.78 is 20.2. The third-order valence-corrected chi connectivity index (χ3v) is 5.60. The first-order chi connectivity index (χ1) is 14.6. The van der Waals surface area contributed by atoms with Crippen molar-refractivity contribution in [3.63, 3.8) is 0 Å². The van der Waals surface area contributed by atoms with Gasteiger partial charge in [-0.2, -0.15) is 0 Å². The number of halogens is 1. The summed E-state index contributed by atoms with van der Waals surface area (Å²) in [5.74, 6) is -0.412. The van der Waals surface area contributed by atoms with Gasteiger partial charge in [-0.05, 0) is 60.3 Å². The highest BCUT2D eigenvalue weighted by molar-refractivity contribution is 7.99. The van der Waals surface area contributed by atoms with Crippen LogP contribution in [0, 0.1) is 5.82 Å². The third kappa shape index (κ3) is 3.19. The molecule has 30 heavy (non-hydrogen) atoms. The van der Waals surface area contributed by atoms with Crippen LogP contribution in [0.15, 0.2) is 103 Å². The molecule has 0 amide bonds. The summed E-state index contributed by atoms with van der Waals surface area (Å²) in [6.07, 6.45) is 0. The van der Waals surface area contributed by atoms with Gasteiger partial charge >= 0.3 is 5.63 Å². The van der Waals surface area contributed by atoms with E-state index in [0.717, 1.165) is 17.1 Å². The number of nitrogens with zero attached hydrogens (tertiary/aromatic N) is 2. The van der Waals surface area contributed by atoms with Gasteiger partial charge in [0.25, 0.3) is 5.56 Å². The van der Waals surface area contributed by atoms with Crippen LogP contribution in [0.4, 0.5) is 4.39 Å². The molecule has 5 aromatic rings. The lowest BCUT2D eigenvalue weighted by Gasteiger charge is -2.13. The summed E-state index contributed by atoms with van der Waals surface area (Å²) in [6, 6.07) is 21.4. The average molecular weight is 416 g/mol. The highest BCUT2D eigenvalue weighted by Gasteiger charge is 2.16. The van der Waals surface area contributed by atoms with Gasteiger partial charge < -0.3 is 4.42 Å².